The molecule has 0 aliphatic rings. The van der Waals surface area contributed by atoms with Crippen molar-refractivity contribution < 1.29 is 13.7 Å². The van der Waals surface area contributed by atoms with Crippen molar-refractivity contribution in [2.75, 3.05) is 6.54 Å². The monoisotopic (exact) mass is 292 g/mol. The fourth-order valence-corrected chi connectivity index (χ4v) is 1.88. The van der Waals surface area contributed by atoms with Crippen LogP contribution in [-0.4, -0.2) is 11.7 Å². The molecule has 5 heteroatoms. The van der Waals surface area contributed by atoms with Crippen molar-refractivity contribution in [1.29, 1.82) is 0 Å². The summed E-state index contributed by atoms with van der Waals surface area (Å²) in [5.74, 6) is 1.06. The first-order valence-corrected chi connectivity index (χ1v) is 7.09. The SMILES string of the molecule is Cc1cccc(OCc2cc(CNCC(C)C)no2)c1F. The lowest BCUT2D eigenvalue weighted by atomic mass is 10.2. The molecule has 0 aliphatic carbocycles. The normalized spacial score (nSPS) is 11.1. The minimum absolute atomic E-state index is 0.164. The molecule has 0 amide bonds. The van der Waals surface area contributed by atoms with E-state index in [9.17, 15) is 4.39 Å². The molecule has 0 aliphatic heterocycles. The molecule has 0 fully saturated rings. The lowest BCUT2D eigenvalue weighted by Gasteiger charge is -2.06. The summed E-state index contributed by atoms with van der Waals surface area (Å²) in [7, 11) is 0. The van der Waals surface area contributed by atoms with Gasteiger partial charge in [-0.3, -0.25) is 0 Å². The van der Waals surface area contributed by atoms with Gasteiger partial charge in [0.1, 0.15) is 6.61 Å². The van der Waals surface area contributed by atoms with Gasteiger partial charge < -0.3 is 14.6 Å². The van der Waals surface area contributed by atoms with Crippen LogP contribution in [0.15, 0.2) is 28.8 Å². The van der Waals surface area contributed by atoms with Crippen LogP contribution < -0.4 is 10.1 Å². The topological polar surface area (TPSA) is 47.3 Å². The largest absolute Gasteiger partial charge is 0.482 e. The molecule has 1 aromatic carbocycles. The van der Waals surface area contributed by atoms with E-state index >= 15 is 0 Å². The zero-order valence-corrected chi connectivity index (χ0v) is 12.6. The van der Waals surface area contributed by atoms with Crippen LogP contribution >= 0.6 is 0 Å². The van der Waals surface area contributed by atoms with Crippen LogP contribution in [-0.2, 0) is 13.2 Å². The van der Waals surface area contributed by atoms with E-state index in [4.69, 9.17) is 9.26 Å². The fourth-order valence-electron chi connectivity index (χ4n) is 1.88. The van der Waals surface area contributed by atoms with E-state index in [1.807, 2.05) is 6.07 Å². The number of halogens is 1. The summed E-state index contributed by atoms with van der Waals surface area (Å²) in [5.41, 5.74) is 1.38. The molecule has 2 aromatic rings. The highest BCUT2D eigenvalue weighted by molar-refractivity contribution is 5.30. The molecule has 0 unspecified atom stereocenters. The Hall–Kier alpha value is -1.88. The minimum Gasteiger partial charge on any atom is -0.482 e. The predicted octanol–water partition coefficient (Wildman–Crippen LogP) is 3.45. The van der Waals surface area contributed by atoms with Gasteiger partial charge in [0.15, 0.2) is 17.3 Å². The average molecular weight is 292 g/mol. The van der Waals surface area contributed by atoms with Gasteiger partial charge in [0.25, 0.3) is 0 Å². The number of aryl methyl sites for hydroxylation is 1. The highest BCUT2D eigenvalue weighted by Gasteiger charge is 2.09. The molecule has 2 rings (SSSR count). The minimum atomic E-state index is -0.337. The van der Waals surface area contributed by atoms with Crippen molar-refractivity contribution in [2.45, 2.75) is 33.9 Å². The molecule has 0 spiro atoms. The molecule has 0 saturated heterocycles. The summed E-state index contributed by atoms with van der Waals surface area (Å²) in [6.45, 7) is 7.73. The van der Waals surface area contributed by atoms with Gasteiger partial charge in [0, 0.05) is 12.6 Å². The van der Waals surface area contributed by atoms with E-state index in [1.54, 1.807) is 25.1 Å². The number of nitrogens with zero attached hydrogens (tertiary/aromatic N) is 1. The van der Waals surface area contributed by atoms with E-state index in [0.717, 1.165) is 12.2 Å². The van der Waals surface area contributed by atoms with E-state index in [1.165, 1.54) is 0 Å². The smallest absolute Gasteiger partial charge is 0.174 e. The molecular weight excluding hydrogens is 271 g/mol. The molecule has 0 radical (unpaired) electrons. The molecule has 1 N–H and O–H groups in total. The summed E-state index contributed by atoms with van der Waals surface area (Å²) >= 11 is 0. The van der Waals surface area contributed by atoms with Crippen LogP contribution in [0.4, 0.5) is 4.39 Å². The lowest BCUT2D eigenvalue weighted by Crippen LogP contribution is -2.19. The Labute approximate surface area is 124 Å². The fraction of sp³-hybridized carbons (Fsp3) is 0.438. The molecule has 21 heavy (non-hydrogen) atoms. The second-order valence-corrected chi connectivity index (χ2v) is 5.49. The molecule has 0 atom stereocenters. The number of aromatic nitrogens is 1. The molecule has 1 aromatic heterocycles. The van der Waals surface area contributed by atoms with Gasteiger partial charge in [-0.25, -0.2) is 4.39 Å². The highest BCUT2D eigenvalue weighted by atomic mass is 19.1. The summed E-state index contributed by atoms with van der Waals surface area (Å²) in [5, 5.41) is 7.24. The van der Waals surface area contributed by atoms with Crippen LogP contribution in [0.25, 0.3) is 0 Å². The van der Waals surface area contributed by atoms with Gasteiger partial charge in [0.2, 0.25) is 0 Å². The number of rotatable bonds is 7. The van der Waals surface area contributed by atoms with Gasteiger partial charge in [-0.05, 0) is 31.0 Å². The van der Waals surface area contributed by atoms with E-state index < -0.39 is 0 Å². The van der Waals surface area contributed by atoms with Crippen molar-refractivity contribution >= 4 is 0 Å². The lowest BCUT2D eigenvalue weighted by molar-refractivity contribution is 0.239. The quantitative estimate of drug-likeness (QED) is 0.849. The number of ether oxygens (including phenoxy) is 1. The molecule has 114 valence electrons. The molecule has 0 saturated carbocycles. The maximum absolute atomic E-state index is 13.8. The maximum atomic E-state index is 13.8. The molecule has 4 nitrogen and oxygen atoms in total. The molecule has 1 heterocycles. The third-order valence-electron chi connectivity index (χ3n) is 2.99. The zero-order chi connectivity index (χ0) is 15.2. The summed E-state index contributed by atoms with van der Waals surface area (Å²) in [6, 6.07) is 6.88. The summed E-state index contributed by atoms with van der Waals surface area (Å²) < 4.78 is 24.4. The van der Waals surface area contributed by atoms with Crippen LogP contribution in [0.3, 0.4) is 0 Å². The highest BCUT2D eigenvalue weighted by Crippen LogP contribution is 2.20. The van der Waals surface area contributed by atoms with Gasteiger partial charge >= 0.3 is 0 Å². The number of nitrogens with one attached hydrogen (secondary N) is 1. The Bertz CT molecular complexity index is 581. The Morgan fingerprint density at radius 3 is 2.95 bits per heavy atom. The van der Waals surface area contributed by atoms with E-state index in [-0.39, 0.29) is 18.2 Å². The maximum Gasteiger partial charge on any atom is 0.174 e. The Morgan fingerprint density at radius 2 is 2.19 bits per heavy atom. The van der Waals surface area contributed by atoms with Crippen molar-refractivity contribution in [3.05, 3.63) is 47.1 Å². The number of hydrogen-bond acceptors (Lipinski definition) is 4. The van der Waals surface area contributed by atoms with Gasteiger partial charge in [0.05, 0.1) is 5.69 Å². The zero-order valence-electron chi connectivity index (χ0n) is 12.6. The van der Waals surface area contributed by atoms with Crippen molar-refractivity contribution in [2.24, 2.45) is 5.92 Å². The molecule has 0 bridgehead atoms. The van der Waals surface area contributed by atoms with E-state index in [0.29, 0.717) is 23.8 Å². The molecular formula is C16H21FN2O2. The van der Waals surface area contributed by atoms with Crippen LogP contribution in [0.5, 0.6) is 5.75 Å². The summed E-state index contributed by atoms with van der Waals surface area (Å²) in [4.78, 5) is 0. The third-order valence-corrected chi connectivity index (χ3v) is 2.99. The van der Waals surface area contributed by atoms with Crippen molar-refractivity contribution in [3.63, 3.8) is 0 Å². The van der Waals surface area contributed by atoms with Crippen LogP contribution in [0.1, 0.15) is 30.9 Å². The Balaban J connectivity index is 1.86. The Morgan fingerprint density at radius 1 is 1.38 bits per heavy atom. The second kappa shape index (κ2) is 7.22. The van der Waals surface area contributed by atoms with Gasteiger partial charge in [-0.1, -0.05) is 31.1 Å². The number of hydrogen-bond donors (Lipinski definition) is 1. The predicted molar refractivity (Wildman–Crippen MR) is 78.5 cm³/mol. The standard InChI is InChI=1S/C16H21FN2O2/c1-11(2)8-18-9-13-7-14(21-19-13)10-20-15-6-4-5-12(3)16(15)17/h4-7,11,18H,8-10H2,1-3H3. The van der Waals surface area contributed by atoms with Crippen molar-refractivity contribution in [3.8, 4) is 5.75 Å². The van der Waals surface area contributed by atoms with Crippen LogP contribution in [0, 0.1) is 18.7 Å². The second-order valence-electron chi connectivity index (χ2n) is 5.49. The third kappa shape index (κ3) is 4.56. The number of benzene rings is 1. The van der Waals surface area contributed by atoms with Gasteiger partial charge in [-0.2, -0.15) is 0 Å². The van der Waals surface area contributed by atoms with Crippen LogP contribution in [0.2, 0.25) is 0 Å². The van der Waals surface area contributed by atoms with Crippen molar-refractivity contribution in [1.82, 2.24) is 10.5 Å². The van der Waals surface area contributed by atoms with E-state index in [2.05, 4.69) is 24.3 Å². The first kappa shape index (κ1) is 15.5. The summed E-state index contributed by atoms with van der Waals surface area (Å²) in [6.07, 6.45) is 0. The van der Waals surface area contributed by atoms with Gasteiger partial charge in [-0.15, -0.1) is 0 Å². The first-order valence-electron chi connectivity index (χ1n) is 7.09. The average Bonchev–Trinajstić information content (AvgIpc) is 2.88. The Kier molecular flexibility index (Phi) is 5.33. The first-order chi connectivity index (χ1) is 10.1.